The molecule has 0 spiro atoms. The van der Waals surface area contributed by atoms with Gasteiger partial charge in [-0.1, -0.05) is 19.1 Å². The highest BCUT2D eigenvalue weighted by atomic mass is 32.1. The Morgan fingerprint density at radius 1 is 1.35 bits per heavy atom. The van der Waals surface area contributed by atoms with Gasteiger partial charge in [-0.15, -0.1) is 11.3 Å². The molecule has 1 atom stereocenters. The van der Waals surface area contributed by atoms with Gasteiger partial charge in [0.2, 0.25) is 5.91 Å². The second kappa shape index (κ2) is 7.15. The maximum absolute atomic E-state index is 12.1. The summed E-state index contributed by atoms with van der Waals surface area (Å²) in [5.74, 6) is 1.57. The molecule has 4 nitrogen and oxygen atoms in total. The predicted octanol–water partition coefficient (Wildman–Crippen LogP) is 2.90. The van der Waals surface area contributed by atoms with Gasteiger partial charge < -0.3 is 15.4 Å². The highest BCUT2D eigenvalue weighted by molar-refractivity contribution is 7.10. The lowest BCUT2D eigenvalue weighted by Gasteiger charge is -2.31. The Kier molecular flexibility index (Phi) is 4.98. The van der Waals surface area contributed by atoms with Crippen LogP contribution in [0.2, 0.25) is 0 Å². The van der Waals surface area contributed by atoms with Crippen molar-refractivity contribution in [3.05, 3.63) is 40.6 Å². The molecule has 23 heavy (non-hydrogen) atoms. The Morgan fingerprint density at radius 3 is 2.70 bits per heavy atom. The highest BCUT2D eigenvalue weighted by Gasteiger charge is 2.28. The van der Waals surface area contributed by atoms with E-state index in [0.29, 0.717) is 12.5 Å². The summed E-state index contributed by atoms with van der Waals surface area (Å²) in [5.41, 5.74) is 2.34. The van der Waals surface area contributed by atoms with Crippen LogP contribution in [-0.2, 0) is 11.3 Å². The zero-order chi connectivity index (χ0) is 16.2. The molecule has 1 aliphatic rings. The van der Waals surface area contributed by atoms with Gasteiger partial charge in [-0.05, 0) is 53.7 Å². The van der Waals surface area contributed by atoms with Crippen LogP contribution in [0.25, 0.3) is 11.1 Å². The number of benzene rings is 1. The van der Waals surface area contributed by atoms with Crippen molar-refractivity contribution in [2.24, 2.45) is 11.8 Å². The molecule has 1 aromatic heterocycles. The zero-order valence-corrected chi connectivity index (χ0v) is 14.3. The lowest BCUT2D eigenvalue weighted by molar-refractivity contribution is -0.126. The molecule has 0 aliphatic carbocycles. The van der Waals surface area contributed by atoms with E-state index in [0.717, 1.165) is 24.4 Å². The van der Waals surface area contributed by atoms with Crippen molar-refractivity contribution in [1.82, 2.24) is 10.6 Å². The number of thiophene rings is 1. The number of methoxy groups -OCH3 is 1. The monoisotopic (exact) mass is 330 g/mol. The second-order valence-electron chi connectivity index (χ2n) is 5.96. The molecule has 2 N–H and O–H groups in total. The molecular formula is C18H22N2O2S. The number of amides is 1. The van der Waals surface area contributed by atoms with E-state index in [2.05, 4.69) is 34.2 Å². The van der Waals surface area contributed by atoms with Crippen molar-refractivity contribution in [2.45, 2.75) is 13.5 Å². The summed E-state index contributed by atoms with van der Waals surface area (Å²) < 4.78 is 5.18. The third kappa shape index (κ3) is 3.74. The van der Waals surface area contributed by atoms with Crippen LogP contribution in [0.1, 0.15) is 11.8 Å². The Hall–Kier alpha value is -1.85. The number of carbonyl (C=O) groups is 1. The summed E-state index contributed by atoms with van der Waals surface area (Å²) in [7, 11) is 1.67. The molecule has 5 heteroatoms. The Bertz CT molecular complexity index is 662. The fourth-order valence-electron chi connectivity index (χ4n) is 2.62. The summed E-state index contributed by atoms with van der Waals surface area (Å²) in [5, 5.41) is 8.40. The van der Waals surface area contributed by atoms with Gasteiger partial charge in [0, 0.05) is 10.8 Å². The van der Waals surface area contributed by atoms with Crippen molar-refractivity contribution in [1.29, 1.82) is 0 Å². The van der Waals surface area contributed by atoms with E-state index < -0.39 is 0 Å². The molecule has 1 aliphatic heterocycles. The molecular weight excluding hydrogens is 308 g/mol. The van der Waals surface area contributed by atoms with E-state index in [1.54, 1.807) is 18.4 Å². The van der Waals surface area contributed by atoms with Gasteiger partial charge in [-0.2, -0.15) is 0 Å². The van der Waals surface area contributed by atoms with Gasteiger partial charge in [-0.3, -0.25) is 4.79 Å². The summed E-state index contributed by atoms with van der Waals surface area (Å²) in [4.78, 5) is 13.3. The smallest absolute Gasteiger partial charge is 0.223 e. The first-order valence-corrected chi connectivity index (χ1v) is 8.75. The van der Waals surface area contributed by atoms with Gasteiger partial charge in [0.05, 0.1) is 13.7 Å². The summed E-state index contributed by atoms with van der Waals surface area (Å²) >= 11 is 1.68. The molecule has 1 amide bonds. The summed E-state index contributed by atoms with van der Waals surface area (Å²) in [6.45, 7) is 4.52. The molecule has 1 fully saturated rings. The maximum Gasteiger partial charge on any atom is 0.223 e. The quantitative estimate of drug-likeness (QED) is 0.856. The molecule has 2 heterocycles. The van der Waals surface area contributed by atoms with Crippen LogP contribution in [0.15, 0.2) is 35.7 Å². The number of ether oxygens (including phenoxy) is 1. The zero-order valence-electron chi connectivity index (χ0n) is 13.5. The van der Waals surface area contributed by atoms with Gasteiger partial charge >= 0.3 is 0 Å². The number of rotatable bonds is 6. The number of hydrogen-bond acceptors (Lipinski definition) is 4. The van der Waals surface area contributed by atoms with Crippen molar-refractivity contribution in [2.75, 3.05) is 20.2 Å². The first-order valence-electron chi connectivity index (χ1n) is 7.87. The first-order chi connectivity index (χ1) is 11.2. The highest BCUT2D eigenvalue weighted by Crippen LogP contribution is 2.27. The van der Waals surface area contributed by atoms with E-state index >= 15 is 0 Å². The van der Waals surface area contributed by atoms with Gasteiger partial charge in [0.1, 0.15) is 5.75 Å². The average molecular weight is 330 g/mol. The van der Waals surface area contributed by atoms with Gasteiger partial charge in [0.15, 0.2) is 0 Å². The molecule has 122 valence electrons. The third-order valence-electron chi connectivity index (χ3n) is 4.45. The van der Waals surface area contributed by atoms with Crippen molar-refractivity contribution in [3.63, 3.8) is 0 Å². The van der Waals surface area contributed by atoms with Crippen LogP contribution in [-0.4, -0.2) is 26.1 Å². The molecule has 1 unspecified atom stereocenters. The van der Waals surface area contributed by atoms with E-state index in [-0.39, 0.29) is 11.8 Å². The fourth-order valence-corrected chi connectivity index (χ4v) is 3.46. The van der Waals surface area contributed by atoms with Crippen molar-refractivity contribution >= 4 is 17.2 Å². The summed E-state index contributed by atoms with van der Waals surface area (Å²) in [6, 6.07) is 10.2. The van der Waals surface area contributed by atoms with Crippen LogP contribution in [0.4, 0.5) is 0 Å². The minimum Gasteiger partial charge on any atom is -0.497 e. The van der Waals surface area contributed by atoms with Crippen molar-refractivity contribution < 1.29 is 9.53 Å². The molecule has 0 saturated carbocycles. The third-order valence-corrected chi connectivity index (χ3v) is 5.38. The van der Waals surface area contributed by atoms with Crippen LogP contribution >= 0.6 is 11.3 Å². The molecule has 1 saturated heterocycles. The second-order valence-corrected chi connectivity index (χ2v) is 6.95. The first kappa shape index (κ1) is 16.0. The molecule has 3 rings (SSSR count). The molecule has 1 aromatic carbocycles. The van der Waals surface area contributed by atoms with Crippen molar-refractivity contribution in [3.8, 4) is 16.9 Å². The predicted molar refractivity (Wildman–Crippen MR) is 93.7 cm³/mol. The topological polar surface area (TPSA) is 50.4 Å². The molecule has 0 bridgehead atoms. The Labute approximate surface area is 140 Å². The standard InChI is InChI=1S/C18H22N2O2S/c1-12(15-8-19-9-15)18(21)20-10-17-7-14(11-23-17)13-3-5-16(22-2)6-4-13/h3-7,11-12,15,19H,8-10H2,1-2H3,(H,20,21). The maximum atomic E-state index is 12.1. The Balaban J connectivity index is 1.57. The van der Waals surface area contributed by atoms with Crippen LogP contribution in [0, 0.1) is 11.8 Å². The largest absolute Gasteiger partial charge is 0.497 e. The minimum atomic E-state index is 0.0808. The van der Waals surface area contributed by atoms with E-state index in [1.165, 1.54) is 10.4 Å². The Morgan fingerprint density at radius 2 is 2.09 bits per heavy atom. The van der Waals surface area contributed by atoms with E-state index in [4.69, 9.17) is 4.74 Å². The SMILES string of the molecule is COc1ccc(-c2csc(CNC(=O)C(C)C3CNC3)c2)cc1. The lowest BCUT2D eigenvalue weighted by Crippen LogP contribution is -2.49. The number of hydrogen-bond donors (Lipinski definition) is 2. The van der Waals surface area contributed by atoms with Crippen LogP contribution in [0.3, 0.4) is 0 Å². The fraction of sp³-hybridized carbons (Fsp3) is 0.389. The van der Waals surface area contributed by atoms with Gasteiger partial charge in [-0.25, -0.2) is 0 Å². The van der Waals surface area contributed by atoms with E-state index in [9.17, 15) is 4.79 Å². The normalized spacial score (nSPS) is 15.7. The summed E-state index contributed by atoms with van der Waals surface area (Å²) in [6.07, 6.45) is 0. The van der Waals surface area contributed by atoms with Gasteiger partial charge in [0.25, 0.3) is 0 Å². The van der Waals surface area contributed by atoms with Crippen LogP contribution in [0.5, 0.6) is 5.75 Å². The van der Waals surface area contributed by atoms with Crippen LogP contribution < -0.4 is 15.4 Å². The average Bonchev–Trinajstić information content (AvgIpc) is 3.00. The number of carbonyl (C=O) groups excluding carboxylic acids is 1. The number of nitrogens with one attached hydrogen (secondary N) is 2. The molecule has 0 radical (unpaired) electrons. The van der Waals surface area contributed by atoms with E-state index in [1.807, 2.05) is 19.1 Å². The molecule has 2 aromatic rings. The lowest BCUT2D eigenvalue weighted by atomic mass is 9.88. The minimum absolute atomic E-state index is 0.0808.